The number of esters is 3. The molecule has 0 spiro atoms. The summed E-state index contributed by atoms with van der Waals surface area (Å²) in [5, 5.41) is 0. The molecule has 0 unspecified atom stereocenters. The molecule has 1 aromatic rings. The number of carbonyl (C=O) groups excluding carboxylic acids is 3. The highest BCUT2D eigenvalue weighted by atomic mass is 19.4. The van der Waals surface area contributed by atoms with Crippen LogP contribution in [0.25, 0.3) is 0 Å². The zero-order chi connectivity index (χ0) is 23.7. The van der Waals surface area contributed by atoms with Crippen molar-refractivity contribution in [1.82, 2.24) is 0 Å². The quantitative estimate of drug-likeness (QED) is 0.289. The normalized spacial score (nSPS) is 12.9. The van der Waals surface area contributed by atoms with Gasteiger partial charge in [-0.05, 0) is 18.2 Å². The fraction of sp³-hybridized carbons (Fsp3) is 0.357. The van der Waals surface area contributed by atoms with Crippen molar-refractivity contribution in [3.8, 4) is 11.5 Å². The molecule has 0 saturated carbocycles. The van der Waals surface area contributed by atoms with Gasteiger partial charge in [-0.2, -0.15) is 43.9 Å². The smallest absolute Gasteiger partial charge is 0.465 e. The second-order valence-electron chi connectivity index (χ2n) is 5.08. The number of rotatable bonds is 5. The van der Waals surface area contributed by atoms with Crippen LogP contribution in [0.2, 0.25) is 0 Å². The maximum Gasteiger partial charge on any atom is 0.465 e. The molecule has 6 nitrogen and oxygen atoms in total. The van der Waals surface area contributed by atoms with Crippen LogP contribution in [0.15, 0.2) is 18.2 Å². The van der Waals surface area contributed by atoms with Gasteiger partial charge in [-0.1, -0.05) is 0 Å². The molecule has 0 N–H and O–H groups in total. The highest BCUT2D eigenvalue weighted by Crippen LogP contribution is 2.39. The second-order valence-corrected chi connectivity index (χ2v) is 5.08. The maximum atomic E-state index is 13.0. The molecule has 0 atom stereocenters. The summed E-state index contributed by atoms with van der Waals surface area (Å²) in [4.78, 5) is 33.6. The van der Waals surface area contributed by atoms with E-state index in [1.807, 2.05) is 0 Å². The molecule has 0 aliphatic rings. The lowest BCUT2D eigenvalue weighted by Crippen LogP contribution is -2.46. The average molecular weight is 460 g/mol. The predicted molar refractivity (Wildman–Crippen MR) is 71.1 cm³/mol. The molecular weight excluding hydrogens is 454 g/mol. The van der Waals surface area contributed by atoms with Gasteiger partial charge in [-0.3, -0.25) is 0 Å². The van der Waals surface area contributed by atoms with Gasteiger partial charge < -0.3 is 14.2 Å². The number of halogens is 10. The molecule has 168 valence electrons. The number of benzene rings is 1. The maximum absolute atomic E-state index is 13.0. The zero-order valence-corrected chi connectivity index (χ0v) is 14.0. The standard InChI is InChI=1S/C14H6F10O6/c1-28-6-3-2-5(8(25)30-10(27)12(17,18)14(22,23)24)4-7(6)29-9(26)11(15,16)13(19,20)21/h2-4H,1H3. The third-order valence-corrected chi connectivity index (χ3v) is 3.01. The minimum atomic E-state index is -6.42. The van der Waals surface area contributed by atoms with Crippen molar-refractivity contribution in [2.45, 2.75) is 24.2 Å². The van der Waals surface area contributed by atoms with Crippen LogP contribution in [0, 0.1) is 0 Å². The molecule has 30 heavy (non-hydrogen) atoms. The molecule has 0 radical (unpaired) electrons. The van der Waals surface area contributed by atoms with Crippen molar-refractivity contribution in [2.75, 3.05) is 7.11 Å². The first-order chi connectivity index (χ1) is 13.4. The summed E-state index contributed by atoms with van der Waals surface area (Å²) in [6.45, 7) is 0. The van der Waals surface area contributed by atoms with Crippen LogP contribution in [-0.4, -0.2) is 49.2 Å². The number of alkyl halides is 10. The topological polar surface area (TPSA) is 78.9 Å². The number of hydrogen-bond acceptors (Lipinski definition) is 6. The van der Waals surface area contributed by atoms with E-state index in [1.165, 1.54) is 0 Å². The van der Waals surface area contributed by atoms with Crippen molar-refractivity contribution < 1.29 is 72.5 Å². The van der Waals surface area contributed by atoms with Crippen molar-refractivity contribution in [1.29, 1.82) is 0 Å². The van der Waals surface area contributed by atoms with Gasteiger partial charge in [0.25, 0.3) is 0 Å². The Kier molecular flexibility index (Phi) is 6.64. The number of ether oxygens (including phenoxy) is 3. The molecule has 1 rings (SSSR count). The van der Waals surface area contributed by atoms with E-state index in [4.69, 9.17) is 0 Å². The van der Waals surface area contributed by atoms with Gasteiger partial charge in [0, 0.05) is 0 Å². The lowest BCUT2D eigenvalue weighted by molar-refractivity contribution is -0.277. The first-order valence-electron chi connectivity index (χ1n) is 6.92. The van der Waals surface area contributed by atoms with Crippen molar-refractivity contribution >= 4 is 17.9 Å². The zero-order valence-electron chi connectivity index (χ0n) is 14.0. The van der Waals surface area contributed by atoms with Crippen LogP contribution in [-0.2, 0) is 14.3 Å². The third-order valence-electron chi connectivity index (χ3n) is 3.01. The number of hydrogen-bond donors (Lipinski definition) is 0. The van der Waals surface area contributed by atoms with Gasteiger partial charge in [0.2, 0.25) is 0 Å². The molecule has 0 aliphatic heterocycles. The molecule has 16 heteroatoms. The molecule has 0 bridgehead atoms. The summed E-state index contributed by atoms with van der Waals surface area (Å²) < 4.78 is 136. The lowest BCUT2D eigenvalue weighted by Gasteiger charge is -2.19. The van der Waals surface area contributed by atoms with Crippen LogP contribution in [0.3, 0.4) is 0 Å². The van der Waals surface area contributed by atoms with E-state index in [0.29, 0.717) is 12.1 Å². The fourth-order valence-corrected chi connectivity index (χ4v) is 1.49. The third kappa shape index (κ3) is 4.91. The van der Waals surface area contributed by atoms with Gasteiger partial charge in [0.05, 0.1) is 12.7 Å². The SMILES string of the molecule is COc1ccc(C(=O)OC(=O)C(F)(F)C(F)(F)F)cc1OC(=O)C(F)(F)C(F)(F)F. The van der Waals surface area contributed by atoms with E-state index < -0.39 is 59.2 Å². The Labute approximate surface area is 158 Å². The van der Waals surface area contributed by atoms with Gasteiger partial charge >= 0.3 is 42.1 Å². The van der Waals surface area contributed by atoms with Gasteiger partial charge in [0.1, 0.15) is 0 Å². The Morgan fingerprint density at radius 1 is 0.733 bits per heavy atom. The van der Waals surface area contributed by atoms with Crippen LogP contribution < -0.4 is 9.47 Å². The van der Waals surface area contributed by atoms with Gasteiger partial charge in [0.15, 0.2) is 11.5 Å². The summed E-state index contributed by atoms with van der Waals surface area (Å²) in [7, 11) is 0.806. The van der Waals surface area contributed by atoms with Crippen LogP contribution in [0.1, 0.15) is 10.4 Å². The van der Waals surface area contributed by atoms with Crippen LogP contribution in [0.5, 0.6) is 11.5 Å². The molecular formula is C14H6F10O6. The largest absolute Gasteiger partial charge is 0.493 e. The molecule has 0 heterocycles. The Bertz CT molecular complexity index is 843. The first kappa shape index (κ1) is 25.0. The average Bonchev–Trinajstić information content (AvgIpc) is 2.59. The lowest BCUT2D eigenvalue weighted by atomic mass is 10.2. The van der Waals surface area contributed by atoms with Crippen molar-refractivity contribution in [2.24, 2.45) is 0 Å². The van der Waals surface area contributed by atoms with E-state index >= 15 is 0 Å². The minimum Gasteiger partial charge on any atom is -0.493 e. The molecule has 1 aromatic carbocycles. The van der Waals surface area contributed by atoms with Gasteiger partial charge in [-0.15, -0.1) is 0 Å². The summed E-state index contributed by atoms with van der Waals surface area (Å²) in [6, 6.07) is 1.22. The number of methoxy groups -OCH3 is 1. The highest BCUT2D eigenvalue weighted by molar-refractivity contribution is 5.99. The van der Waals surface area contributed by atoms with Gasteiger partial charge in [-0.25, -0.2) is 14.4 Å². The Balaban J connectivity index is 3.18. The summed E-state index contributed by atoms with van der Waals surface area (Å²) in [5.74, 6) is -22.9. The Morgan fingerprint density at radius 3 is 1.63 bits per heavy atom. The fourth-order valence-electron chi connectivity index (χ4n) is 1.49. The van der Waals surface area contributed by atoms with Crippen molar-refractivity contribution in [3.63, 3.8) is 0 Å². The highest BCUT2D eigenvalue weighted by Gasteiger charge is 2.66. The van der Waals surface area contributed by atoms with E-state index in [9.17, 15) is 58.3 Å². The molecule has 0 fully saturated rings. The molecule has 0 aliphatic carbocycles. The van der Waals surface area contributed by atoms with E-state index in [2.05, 4.69) is 14.2 Å². The van der Waals surface area contributed by atoms with Crippen LogP contribution >= 0.6 is 0 Å². The molecule has 0 saturated heterocycles. The molecule has 0 amide bonds. The second kappa shape index (κ2) is 7.98. The first-order valence-corrected chi connectivity index (χ1v) is 6.92. The minimum absolute atomic E-state index is 0.129. The van der Waals surface area contributed by atoms with Crippen LogP contribution in [0.4, 0.5) is 43.9 Å². The Hall–Kier alpha value is -3.07. The Morgan fingerprint density at radius 2 is 1.20 bits per heavy atom. The monoisotopic (exact) mass is 460 g/mol. The van der Waals surface area contributed by atoms with E-state index in [0.717, 1.165) is 7.11 Å². The summed E-state index contributed by atoms with van der Waals surface area (Å²) >= 11 is 0. The van der Waals surface area contributed by atoms with E-state index in [-0.39, 0.29) is 6.07 Å². The summed E-state index contributed by atoms with van der Waals surface area (Å²) in [6.07, 6.45) is -12.8. The molecule has 0 aromatic heterocycles. The predicted octanol–water partition coefficient (Wildman–Crippen LogP) is 3.68. The van der Waals surface area contributed by atoms with Crippen molar-refractivity contribution in [3.05, 3.63) is 23.8 Å². The number of carbonyl (C=O) groups is 3. The van der Waals surface area contributed by atoms with E-state index in [1.54, 1.807) is 0 Å². The summed E-state index contributed by atoms with van der Waals surface area (Å²) in [5.41, 5.74) is -1.14.